The van der Waals surface area contributed by atoms with Crippen molar-refractivity contribution < 1.29 is 23.5 Å². The molecule has 31 heavy (non-hydrogen) atoms. The van der Waals surface area contributed by atoms with Crippen LogP contribution in [0.2, 0.25) is 0 Å². The fraction of sp³-hybridized carbons (Fsp3) is 0.348. The van der Waals surface area contributed by atoms with Crippen molar-refractivity contribution in [1.29, 1.82) is 0 Å². The van der Waals surface area contributed by atoms with Crippen molar-refractivity contribution in [2.24, 2.45) is 5.92 Å². The van der Waals surface area contributed by atoms with Crippen LogP contribution in [0.25, 0.3) is 11.0 Å². The molecule has 0 unspecified atom stereocenters. The zero-order valence-electron chi connectivity index (χ0n) is 17.5. The Morgan fingerprint density at radius 1 is 1.16 bits per heavy atom. The van der Waals surface area contributed by atoms with Gasteiger partial charge in [-0.25, -0.2) is 9.37 Å². The number of fused-ring (bicyclic) bond motifs is 3. The van der Waals surface area contributed by atoms with E-state index in [2.05, 4.69) is 0 Å². The third kappa shape index (κ3) is 3.79. The summed E-state index contributed by atoms with van der Waals surface area (Å²) in [4.78, 5) is 32.8. The Hall–Kier alpha value is -3.26. The highest BCUT2D eigenvalue weighted by molar-refractivity contribution is 6.08. The first-order valence-corrected chi connectivity index (χ1v) is 10.3. The van der Waals surface area contributed by atoms with Crippen LogP contribution in [0.4, 0.5) is 10.3 Å². The van der Waals surface area contributed by atoms with Gasteiger partial charge in [0, 0.05) is 20.3 Å². The van der Waals surface area contributed by atoms with Crippen molar-refractivity contribution in [3.05, 3.63) is 59.9 Å². The van der Waals surface area contributed by atoms with E-state index in [0.717, 1.165) is 5.52 Å². The topological polar surface area (TPSA) is 73.7 Å². The van der Waals surface area contributed by atoms with Gasteiger partial charge in [-0.1, -0.05) is 24.3 Å². The second-order valence-corrected chi connectivity index (χ2v) is 7.33. The molecule has 0 aliphatic carbocycles. The number of ether oxygens (including phenoxy) is 2. The summed E-state index contributed by atoms with van der Waals surface area (Å²) in [5.74, 6) is -2.04. The van der Waals surface area contributed by atoms with Crippen LogP contribution in [0.5, 0.6) is 0 Å². The lowest BCUT2D eigenvalue weighted by molar-refractivity contribution is -0.153. The summed E-state index contributed by atoms with van der Waals surface area (Å²) in [7, 11) is 1.60. The average molecular weight is 425 g/mol. The fourth-order valence-corrected chi connectivity index (χ4v) is 4.09. The number of imidazole rings is 1. The Kier molecular flexibility index (Phi) is 5.99. The van der Waals surface area contributed by atoms with Crippen molar-refractivity contribution in [2.45, 2.75) is 19.4 Å². The van der Waals surface area contributed by atoms with Crippen LogP contribution >= 0.6 is 0 Å². The van der Waals surface area contributed by atoms with Gasteiger partial charge in [0.1, 0.15) is 5.82 Å². The van der Waals surface area contributed by atoms with Crippen LogP contribution in [0, 0.1) is 11.7 Å². The first kappa shape index (κ1) is 21.0. The number of rotatable bonds is 7. The largest absolute Gasteiger partial charge is 0.465 e. The zero-order chi connectivity index (χ0) is 22.0. The summed E-state index contributed by atoms with van der Waals surface area (Å²) < 4.78 is 25.9. The maximum absolute atomic E-state index is 13.6. The molecule has 0 radical (unpaired) electrons. The molecule has 2 aromatic carbocycles. The molecule has 0 bridgehead atoms. The Morgan fingerprint density at radius 2 is 1.90 bits per heavy atom. The molecule has 8 heteroatoms. The monoisotopic (exact) mass is 425 g/mol. The Bertz CT molecular complexity index is 1100. The molecular weight excluding hydrogens is 401 g/mol. The van der Waals surface area contributed by atoms with E-state index in [9.17, 15) is 14.0 Å². The van der Waals surface area contributed by atoms with Gasteiger partial charge in [0.25, 0.3) is 0 Å². The first-order valence-electron chi connectivity index (χ1n) is 10.3. The van der Waals surface area contributed by atoms with Crippen LogP contribution in [0.15, 0.2) is 48.5 Å². The number of anilines is 1. The molecule has 0 N–H and O–H groups in total. The van der Waals surface area contributed by atoms with Crippen molar-refractivity contribution in [3.8, 4) is 0 Å². The Balaban J connectivity index is 1.93. The van der Waals surface area contributed by atoms with E-state index in [1.807, 2.05) is 28.8 Å². The summed E-state index contributed by atoms with van der Waals surface area (Å²) in [5.41, 5.74) is 2.12. The molecule has 0 saturated heterocycles. The van der Waals surface area contributed by atoms with E-state index in [-0.39, 0.29) is 12.5 Å². The number of aromatic nitrogens is 2. The van der Waals surface area contributed by atoms with E-state index in [4.69, 9.17) is 14.5 Å². The summed E-state index contributed by atoms with van der Waals surface area (Å²) in [6, 6.07) is 12.6. The molecule has 1 aromatic heterocycles. The van der Waals surface area contributed by atoms with Crippen molar-refractivity contribution in [2.75, 3.05) is 31.8 Å². The number of amides is 1. The Morgan fingerprint density at radius 3 is 2.61 bits per heavy atom. The standard InChI is InChI=1S/C23H24FN3O4/c1-3-31-22(29)19-20(15-9-11-16(24)12-10-15)27-18-8-5-4-7-17(18)25-23(27)26(21(19)28)13-6-14-30-2/h4-5,7-12,19-20H,3,6,13-14H2,1-2H3/t19-,20-/m0/s1. The SMILES string of the molecule is CCOC(=O)[C@@H]1C(=O)N(CCCOC)c2nc3ccccc3n2[C@H]1c1ccc(F)cc1. The lowest BCUT2D eigenvalue weighted by Gasteiger charge is -2.38. The number of methoxy groups -OCH3 is 1. The van der Waals surface area contributed by atoms with Gasteiger partial charge in [-0.05, 0) is 43.2 Å². The van der Waals surface area contributed by atoms with Crippen molar-refractivity contribution >= 4 is 28.9 Å². The van der Waals surface area contributed by atoms with Crippen LogP contribution in [-0.2, 0) is 19.1 Å². The first-order chi connectivity index (χ1) is 15.1. The zero-order valence-corrected chi connectivity index (χ0v) is 17.5. The maximum atomic E-state index is 13.6. The summed E-state index contributed by atoms with van der Waals surface area (Å²) in [6.07, 6.45) is 0.586. The van der Waals surface area contributed by atoms with E-state index in [1.54, 1.807) is 26.2 Å². The van der Waals surface area contributed by atoms with Gasteiger partial charge in [-0.2, -0.15) is 0 Å². The molecule has 1 aliphatic rings. The fourth-order valence-electron chi connectivity index (χ4n) is 4.09. The van der Waals surface area contributed by atoms with E-state index >= 15 is 0 Å². The highest BCUT2D eigenvalue weighted by atomic mass is 19.1. The average Bonchev–Trinajstić information content (AvgIpc) is 3.15. The minimum Gasteiger partial charge on any atom is -0.465 e. The molecule has 1 amide bonds. The van der Waals surface area contributed by atoms with E-state index < -0.39 is 23.7 Å². The number of esters is 1. The van der Waals surface area contributed by atoms with Crippen LogP contribution in [0.1, 0.15) is 24.9 Å². The lowest BCUT2D eigenvalue weighted by Crippen LogP contribution is -2.50. The van der Waals surface area contributed by atoms with E-state index in [1.165, 1.54) is 17.0 Å². The number of hydrogen-bond donors (Lipinski definition) is 0. The normalized spacial score (nSPS) is 18.3. The van der Waals surface area contributed by atoms with Gasteiger partial charge in [-0.15, -0.1) is 0 Å². The highest BCUT2D eigenvalue weighted by Crippen LogP contribution is 2.41. The van der Waals surface area contributed by atoms with Crippen LogP contribution in [-0.4, -0.2) is 48.3 Å². The Labute approximate surface area is 179 Å². The molecule has 0 saturated carbocycles. The maximum Gasteiger partial charge on any atom is 0.321 e. The molecule has 1 aliphatic heterocycles. The van der Waals surface area contributed by atoms with Crippen molar-refractivity contribution in [1.82, 2.24) is 9.55 Å². The van der Waals surface area contributed by atoms with Crippen LogP contribution < -0.4 is 4.90 Å². The summed E-state index contributed by atoms with van der Waals surface area (Å²) in [6.45, 7) is 2.67. The molecule has 2 heterocycles. The molecule has 162 valence electrons. The third-order valence-corrected chi connectivity index (χ3v) is 5.43. The number of para-hydroxylation sites is 2. The van der Waals surface area contributed by atoms with Gasteiger partial charge < -0.3 is 14.0 Å². The smallest absolute Gasteiger partial charge is 0.321 e. The third-order valence-electron chi connectivity index (χ3n) is 5.43. The number of hydrogen-bond acceptors (Lipinski definition) is 5. The predicted octanol–water partition coefficient (Wildman–Crippen LogP) is 3.33. The summed E-state index contributed by atoms with van der Waals surface area (Å²) >= 11 is 0. The van der Waals surface area contributed by atoms with Crippen molar-refractivity contribution in [3.63, 3.8) is 0 Å². The van der Waals surface area contributed by atoms with Crippen LogP contribution in [0.3, 0.4) is 0 Å². The van der Waals surface area contributed by atoms with Gasteiger partial charge in [-0.3, -0.25) is 14.5 Å². The summed E-state index contributed by atoms with van der Waals surface area (Å²) in [5, 5.41) is 0. The second kappa shape index (κ2) is 8.85. The molecule has 2 atom stereocenters. The van der Waals surface area contributed by atoms with Gasteiger partial charge in [0.2, 0.25) is 11.9 Å². The van der Waals surface area contributed by atoms with Gasteiger partial charge in [0.05, 0.1) is 23.7 Å². The molecular formula is C23H24FN3O4. The number of carbonyl (C=O) groups is 2. The number of halogens is 1. The second-order valence-electron chi connectivity index (χ2n) is 7.33. The number of carbonyl (C=O) groups excluding carboxylic acids is 2. The molecule has 0 spiro atoms. The minimum atomic E-state index is -1.11. The number of nitrogens with zero attached hydrogens (tertiary/aromatic N) is 3. The van der Waals surface area contributed by atoms with E-state index in [0.29, 0.717) is 36.6 Å². The molecule has 4 rings (SSSR count). The highest BCUT2D eigenvalue weighted by Gasteiger charge is 2.47. The molecule has 3 aromatic rings. The predicted molar refractivity (Wildman–Crippen MR) is 113 cm³/mol. The molecule has 0 fully saturated rings. The van der Waals surface area contributed by atoms with Gasteiger partial charge in [0.15, 0.2) is 5.92 Å². The number of benzene rings is 2. The minimum absolute atomic E-state index is 0.153. The van der Waals surface area contributed by atoms with Gasteiger partial charge >= 0.3 is 5.97 Å². The lowest BCUT2D eigenvalue weighted by atomic mass is 9.89. The molecule has 7 nitrogen and oxygen atoms in total. The quantitative estimate of drug-likeness (QED) is 0.330.